The van der Waals surface area contributed by atoms with Crippen molar-refractivity contribution in [2.24, 2.45) is 7.05 Å². The average Bonchev–Trinajstić information content (AvgIpc) is 2.12. The van der Waals surface area contributed by atoms with Crippen molar-refractivity contribution in [2.45, 2.75) is 39.7 Å². The second kappa shape index (κ2) is 1.93. The minimum atomic E-state index is 0.353. The van der Waals surface area contributed by atoms with Crippen LogP contribution in [0.1, 0.15) is 31.1 Å². The second-order valence-electron chi connectivity index (χ2n) is 4.47. The van der Waals surface area contributed by atoms with E-state index in [0.717, 1.165) is 0 Å². The quantitative estimate of drug-likeness (QED) is 0.511. The molecule has 0 aliphatic carbocycles. The van der Waals surface area contributed by atoms with Crippen molar-refractivity contribution in [3.8, 4) is 0 Å². The lowest BCUT2D eigenvalue weighted by Gasteiger charge is -2.31. The lowest BCUT2D eigenvalue weighted by atomic mass is 9.92. The van der Waals surface area contributed by atoms with E-state index < -0.39 is 0 Å². The lowest BCUT2D eigenvalue weighted by molar-refractivity contribution is -0.688. The molecular weight excluding hydrogens is 148 g/mol. The van der Waals surface area contributed by atoms with Crippen molar-refractivity contribution >= 4 is 0 Å². The largest absolute Gasteiger partial charge is 0.261 e. The molecule has 0 unspecified atom stereocenters. The number of nitrogens with zero attached hydrogens (tertiary/aromatic N) is 2. The van der Waals surface area contributed by atoms with Crippen LogP contribution in [0.4, 0.5) is 0 Å². The Labute approximate surface area is 73.8 Å². The van der Waals surface area contributed by atoms with Crippen molar-refractivity contribution in [3.05, 3.63) is 17.2 Å². The molecule has 0 radical (unpaired) electrons. The van der Waals surface area contributed by atoms with Gasteiger partial charge in [-0.05, 0) is 13.8 Å². The van der Waals surface area contributed by atoms with Crippen molar-refractivity contribution < 1.29 is 4.57 Å². The van der Waals surface area contributed by atoms with Crippen molar-refractivity contribution in [1.29, 1.82) is 0 Å². The number of imidazole rings is 1. The molecule has 12 heavy (non-hydrogen) atoms. The van der Waals surface area contributed by atoms with Gasteiger partial charge in [0.25, 0.3) is 5.82 Å². The highest BCUT2D eigenvalue weighted by Crippen LogP contribution is 2.33. The zero-order valence-electron chi connectivity index (χ0n) is 8.60. The smallest absolute Gasteiger partial charge is 0.234 e. The zero-order valence-corrected chi connectivity index (χ0v) is 8.60. The van der Waals surface area contributed by atoms with Crippen LogP contribution in [0.25, 0.3) is 0 Å². The fourth-order valence-corrected chi connectivity index (χ4v) is 2.32. The van der Waals surface area contributed by atoms with E-state index >= 15 is 0 Å². The average molecular weight is 165 g/mol. The first-order chi connectivity index (χ1) is 5.45. The molecule has 1 aromatic rings. The fraction of sp³-hybridized carbons (Fsp3) is 0.700. The first-order valence-corrected chi connectivity index (χ1v) is 4.52. The Hall–Kier alpha value is -0.790. The molecule has 0 saturated heterocycles. The predicted octanol–water partition coefficient (Wildman–Crippen LogP) is 1.22. The minimum Gasteiger partial charge on any atom is -0.234 e. The maximum absolute atomic E-state index is 2.45. The first-order valence-electron chi connectivity index (χ1n) is 4.52. The summed E-state index contributed by atoms with van der Waals surface area (Å²) in [6.07, 6.45) is 1.21. The Morgan fingerprint density at radius 3 is 2.25 bits per heavy atom. The molecule has 2 rings (SSSR count). The summed E-state index contributed by atoms with van der Waals surface area (Å²) < 4.78 is 4.75. The maximum Gasteiger partial charge on any atom is 0.261 e. The van der Waals surface area contributed by atoms with Gasteiger partial charge in [-0.15, -0.1) is 0 Å². The van der Waals surface area contributed by atoms with Crippen LogP contribution in [-0.2, 0) is 19.0 Å². The molecule has 1 aliphatic rings. The SMILES string of the molecule is Cc1c(C)[n+](C)c2n1C(C)(C)C2. The van der Waals surface area contributed by atoms with Crippen LogP contribution >= 0.6 is 0 Å². The van der Waals surface area contributed by atoms with E-state index in [-0.39, 0.29) is 0 Å². The van der Waals surface area contributed by atoms with Crippen molar-refractivity contribution in [2.75, 3.05) is 0 Å². The zero-order chi connectivity index (χ0) is 9.09. The number of fused-ring (bicyclic) bond motifs is 1. The molecule has 0 atom stereocenters. The van der Waals surface area contributed by atoms with Crippen LogP contribution in [0.2, 0.25) is 0 Å². The summed E-state index contributed by atoms with van der Waals surface area (Å²) in [6, 6.07) is 0. The summed E-state index contributed by atoms with van der Waals surface area (Å²) >= 11 is 0. The van der Waals surface area contributed by atoms with Gasteiger partial charge in [-0.3, -0.25) is 0 Å². The molecule has 1 aliphatic heterocycles. The number of aromatic nitrogens is 2. The molecule has 0 amide bonds. The number of hydrogen-bond donors (Lipinski definition) is 0. The van der Waals surface area contributed by atoms with E-state index in [1.807, 2.05) is 0 Å². The highest BCUT2D eigenvalue weighted by molar-refractivity contribution is 5.18. The Bertz CT molecular complexity index is 326. The third-order valence-electron chi connectivity index (χ3n) is 3.20. The molecule has 0 bridgehead atoms. The molecule has 0 fully saturated rings. The summed E-state index contributed by atoms with van der Waals surface area (Å²) in [7, 11) is 2.16. The van der Waals surface area contributed by atoms with E-state index in [1.165, 1.54) is 23.6 Å². The summed E-state index contributed by atoms with van der Waals surface area (Å²) in [4.78, 5) is 0. The van der Waals surface area contributed by atoms with E-state index in [0.29, 0.717) is 5.54 Å². The Morgan fingerprint density at radius 2 is 1.92 bits per heavy atom. The molecule has 2 nitrogen and oxygen atoms in total. The third kappa shape index (κ3) is 0.680. The molecular formula is C10H17N2+. The van der Waals surface area contributed by atoms with Crippen LogP contribution in [-0.4, -0.2) is 4.57 Å². The first kappa shape index (κ1) is 7.84. The molecule has 2 heteroatoms. The highest BCUT2D eigenvalue weighted by Gasteiger charge is 2.46. The molecule has 0 spiro atoms. The van der Waals surface area contributed by atoms with Gasteiger partial charge in [0.15, 0.2) is 0 Å². The van der Waals surface area contributed by atoms with Crippen LogP contribution in [0.15, 0.2) is 0 Å². The summed E-state index contributed by atoms with van der Waals surface area (Å²) in [5.74, 6) is 1.47. The maximum atomic E-state index is 2.45. The van der Waals surface area contributed by atoms with Gasteiger partial charge in [0.2, 0.25) is 0 Å². The van der Waals surface area contributed by atoms with Crippen LogP contribution < -0.4 is 4.57 Å². The van der Waals surface area contributed by atoms with Gasteiger partial charge < -0.3 is 0 Å². The predicted molar refractivity (Wildman–Crippen MR) is 48.1 cm³/mol. The van der Waals surface area contributed by atoms with E-state index in [4.69, 9.17) is 0 Å². The standard InChI is InChI=1S/C10H17N2/c1-7-8(2)12-9(11(7)5)6-10(12,3)4/h6H2,1-5H3/q+1. The molecule has 66 valence electrons. The van der Waals surface area contributed by atoms with E-state index in [9.17, 15) is 0 Å². The molecule has 0 saturated carbocycles. The molecule has 1 aromatic heterocycles. The van der Waals surface area contributed by atoms with Gasteiger partial charge >= 0.3 is 0 Å². The van der Waals surface area contributed by atoms with Crippen LogP contribution in [0.3, 0.4) is 0 Å². The Kier molecular flexibility index (Phi) is 1.26. The number of hydrogen-bond acceptors (Lipinski definition) is 0. The van der Waals surface area contributed by atoms with E-state index in [1.54, 1.807) is 0 Å². The van der Waals surface area contributed by atoms with Crippen LogP contribution in [0.5, 0.6) is 0 Å². The Morgan fingerprint density at radius 1 is 1.33 bits per heavy atom. The van der Waals surface area contributed by atoms with Gasteiger partial charge in [0.1, 0.15) is 16.9 Å². The van der Waals surface area contributed by atoms with E-state index in [2.05, 4.69) is 43.9 Å². The van der Waals surface area contributed by atoms with Crippen molar-refractivity contribution in [1.82, 2.24) is 4.57 Å². The van der Waals surface area contributed by atoms with Gasteiger partial charge in [-0.25, -0.2) is 9.13 Å². The Balaban J connectivity index is 2.68. The molecule has 2 heterocycles. The second-order valence-corrected chi connectivity index (χ2v) is 4.47. The summed E-state index contributed by atoms with van der Waals surface area (Å²) in [5, 5.41) is 0. The summed E-state index contributed by atoms with van der Waals surface area (Å²) in [6.45, 7) is 9.00. The highest BCUT2D eigenvalue weighted by atomic mass is 15.3. The number of rotatable bonds is 0. The van der Waals surface area contributed by atoms with Gasteiger partial charge in [-0.2, -0.15) is 0 Å². The van der Waals surface area contributed by atoms with Gasteiger partial charge in [-0.1, -0.05) is 0 Å². The summed E-state index contributed by atoms with van der Waals surface area (Å²) in [5.41, 5.74) is 3.17. The van der Waals surface area contributed by atoms with Gasteiger partial charge in [0.05, 0.1) is 13.5 Å². The monoisotopic (exact) mass is 165 g/mol. The third-order valence-corrected chi connectivity index (χ3v) is 3.20. The van der Waals surface area contributed by atoms with Gasteiger partial charge in [0, 0.05) is 13.8 Å². The van der Waals surface area contributed by atoms with Crippen LogP contribution in [0, 0.1) is 13.8 Å². The fourth-order valence-electron chi connectivity index (χ4n) is 2.32. The topological polar surface area (TPSA) is 8.81 Å². The normalized spacial score (nSPS) is 18.8. The van der Waals surface area contributed by atoms with Crippen molar-refractivity contribution in [3.63, 3.8) is 0 Å². The minimum absolute atomic E-state index is 0.353. The lowest BCUT2D eigenvalue weighted by Crippen LogP contribution is -2.49. The molecule has 0 aromatic carbocycles. The molecule has 0 N–H and O–H groups in total.